The lowest BCUT2D eigenvalue weighted by atomic mass is 10.1. The van der Waals surface area contributed by atoms with Crippen molar-refractivity contribution in [3.63, 3.8) is 0 Å². The summed E-state index contributed by atoms with van der Waals surface area (Å²) >= 11 is 12.1. The quantitative estimate of drug-likeness (QED) is 0.219. The van der Waals surface area contributed by atoms with E-state index < -0.39 is 0 Å². The molecule has 1 unspecified atom stereocenters. The number of hydrogen-bond donors (Lipinski definition) is 2. The van der Waals surface area contributed by atoms with Crippen LogP contribution in [0.1, 0.15) is 31.3 Å². The van der Waals surface area contributed by atoms with Crippen LogP contribution in [0, 0.1) is 0 Å². The van der Waals surface area contributed by atoms with E-state index in [-0.39, 0.29) is 30.0 Å². The number of aryl methyl sites for hydroxylation is 1. The molecular weight excluding hydrogens is 514 g/mol. The van der Waals surface area contributed by atoms with Crippen molar-refractivity contribution < 1.29 is 4.74 Å². The minimum Gasteiger partial charge on any atom is -0.383 e. The zero-order valence-electron chi connectivity index (χ0n) is 16.3. The number of rotatable bonds is 9. The number of aliphatic imine (C=N–C) groups is 1. The molecule has 7 nitrogen and oxygen atoms in total. The number of benzene rings is 1. The monoisotopic (exact) mass is 540 g/mol. The molecule has 2 rings (SSSR count). The Morgan fingerprint density at radius 3 is 2.79 bits per heavy atom. The van der Waals surface area contributed by atoms with Gasteiger partial charge in [-0.05, 0) is 24.6 Å². The van der Waals surface area contributed by atoms with Crippen molar-refractivity contribution in [2.24, 2.45) is 4.99 Å². The van der Waals surface area contributed by atoms with E-state index in [1.807, 2.05) is 23.6 Å². The first-order valence-electron chi connectivity index (χ1n) is 8.90. The molecule has 1 aromatic carbocycles. The van der Waals surface area contributed by atoms with Crippen molar-refractivity contribution in [1.82, 2.24) is 25.4 Å². The van der Waals surface area contributed by atoms with Crippen LogP contribution in [0.15, 0.2) is 29.5 Å². The van der Waals surface area contributed by atoms with Crippen LogP contribution in [0.2, 0.25) is 10.0 Å². The molecule has 0 radical (unpaired) electrons. The van der Waals surface area contributed by atoms with E-state index in [4.69, 9.17) is 27.9 Å². The molecule has 28 heavy (non-hydrogen) atoms. The number of nitrogens with zero attached hydrogens (tertiary/aromatic N) is 4. The summed E-state index contributed by atoms with van der Waals surface area (Å²) in [5.41, 5.74) is 1.03. The van der Waals surface area contributed by atoms with Crippen LogP contribution >= 0.6 is 47.2 Å². The average molecular weight is 541 g/mol. The zero-order chi connectivity index (χ0) is 19.6. The third kappa shape index (κ3) is 7.73. The zero-order valence-corrected chi connectivity index (χ0v) is 20.1. The van der Waals surface area contributed by atoms with Crippen molar-refractivity contribution in [2.45, 2.75) is 32.9 Å². The normalized spacial score (nSPS) is 12.4. The maximum atomic E-state index is 6.13. The SMILES string of the molecule is CCc1nncn1CCNC(=NCCOC)NC(C)c1ccc(Cl)c(Cl)c1.I. The van der Waals surface area contributed by atoms with Gasteiger partial charge in [-0.1, -0.05) is 36.2 Å². The molecule has 0 amide bonds. The molecule has 0 aliphatic rings. The van der Waals surface area contributed by atoms with E-state index >= 15 is 0 Å². The summed E-state index contributed by atoms with van der Waals surface area (Å²) in [5, 5.41) is 15.9. The fourth-order valence-electron chi connectivity index (χ4n) is 2.51. The molecule has 0 saturated heterocycles. The molecule has 0 bridgehead atoms. The first kappa shape index (κ1) is 24.9. The van der Waals surface area contributed by atoms with Gasteiger partial charge in [-0.25, -0.2) is 0 Å². The third-order valence-electron chi connectivity index (χ3n) is 4.02. The van der Waals surface area contributed by atoms with E-state index in [1.54, 1.807) is 19.5 Å². The number of halogens is 3. The minimum absolute atomic E-state index is 0. The van der Waals surface area contributed by atoms with E-state index in [9.17, 15) is 0 Å². The number of guanidine groups is 1. The van der Waals surface area contributed by atoms with Crippen molar-refractivity contribution in [3.05, 3.63) is 46.0 Å². The predicted octanol–water partition coefficient (Wildman–Crippen LogP) is 3.71. The molecule has 10 heteroatoms. The number of aromatic nitrogens is 3. The maximum absolute atomic E-state index is 6.13. The Hall–Kier alpha value is -1.10. The van der Waals surface area contributed by atoms with Crippen LogP contribution in [-0.4, -0.2) is 47.5 Å². The summed E-state index contributed by atoms with van der Waals surface area (Å²) in [7, 11) is 1.66. The highest BCUT2D eigenvalue weighted by Gasteiger charge is 2.10. The number of methoxy groups -OCH3 is 1. The van der Waals surface area contributed by atoms with Gasteiger partial charge in [0.05, 0.1) is 29.2 Å². The Morgan fingerprint density at radius 1 is 1.32 bits per heavy atom. The van der Waals surface area contributed by atoms with Gasteiger partial charge < -0.3 is 19.9 Å². The van der Waals surface area contributed by atoms with Crippen LogP contribution in [0.4, 0.5) is 0 Å². The van der Waals surface area contributed by atoms with Crippen molar-refractivity contribution in [1.29, 1.82) is 0 Å². The standard InChI is InChI=1S/C18H26Cl2N6O.HI/c1-4-17-25-23-12-26(17)9-7-21-18(22-8-10-27-3)24-13(2)14-5-6-15(19)16(20)11-14;/h5-6,11-13H,4,7-10H2,1-3H3,(H2,21,22,24);1H. The summed E-state index contributed by atoms with van der Waals surface area (Å²) in [4.78, 5) is 4.55. The van der Waals surface area contributed by atoms with Gasteiger partial charge in [0.1, 0.15) is 12.2 Å². The van der Waals surface area contributed by atoms with E-state index in [0.29, 0.717) is 35.7 Å². The van der Waals surface area contributed by atoms with E-state index in [0.717, 1.165) is 24.4 Å². The van der Waals surface area contributed by atoms with E-state index in [2.05, 4.69) is 32.7 Å². The number of hydrogen-bond acceptors (Lipinski definition) is 4. The van der Waals surface area contributed by atoms with Gasteiger partial charge in [0.2, 0.25) is 0 Å². The molecule has 2 aromatic rings. The van der Waals surface area contributed by atoms with Gasteiger partial charge >= 0.3 is 0 Å². The molecule has 0 aliphatic carbocycles. The number of ether oxygens (including phenoxy) is 1. The van der Waals surface area contributed by atoms with Crippen molar-refractivity contribution >= 4 is 53.1 Å². The molecule has 1 aromatic heterocycles. The topological polar surface area (TPSA) is 76.4 Å². The summed E-state index contributed by atoms with van der Waals surface area (Å²) in [6, 6.07) is 5.61. The second-order valence-corrected chi connectivity index (χ2v) is 6.80. The molecule has 1 heterocycles. The van der Waals surface area contributed by atoms with Gasteiger partial charge in [-0.2, -0.15) is 0 Å². The fourth-order valence-corrected chi connectivity index (χ4v) is 2.81. The summed E-state index contributed by atoms with van der Waals surface area (Å²) in [6.07, 6.45) is 2.59. The van der Waals surface area contributed by atoms with Crippen LogP contribution in [0.25, 0.3) is 0 Å². The molecule has 0 saturated carbocycles. The Morgan fingerprint density at radius 2 is 2.11 bits per heavy atom. The first-order chi connectivity index (χ1) is 13.0. The first-order valence-corrected chi connectivity index (χ1v) is 9.66. The molecule has 156 valence electrons. The maximum Gasteiger partial charge on any atom is 0.191 e. The Balaban J connectivity index is 0.00000392. The highest BCUT2D eigenvalue weighted by atomic mass is 127. The Labute approximate surface area is 193 Å². The van der Waals surface area contributed by atoms with Gasteiger partial charge in [0.25, 0.3) is 0 Å². The minimum atomic E-state index is 0. The van der Waals surface area contributed by atoms with Crippen molar-refractivity contribution in [2.75, 3.05) is 26.8 Å². The van der Waals surface area contributed by atoms with Gasteiger partial charge in [0.15, 0.2) is 5.96 Å². The molecule has 0 aliphatic heterocycles. The highest BCUT2D eigenvalue weighted by molar-refractivity contribution is 14.0. The molecular formula is C18H27Cl2IN6O. The lowest BCUT2D eigenvalue weighted by Gasteiger charge is -2.19. The smallest absolute Gasteiger partial charge is 0.191 e. The van der Waals surface area contributed by atoms with Gasteiger partial charge in [-0.15, -0.1) is 34.2 Å². The Bertz CT molecular complexity index is 755. The van der Waals surface area contributed by atoms with Crippen molar-refractivity contribution in [3.8, 4) is 0 Å². The molecule has 2 N–H and O–H groups in total. The summed E-state index contributed by atoms with van der Waals surface area (Å²) in [6.45, 7) is 6.67. The van der Waals surface area contributed by atoms with E-state index in [1.165, 1.54) is 0 Å². The predicted molar refractivity (Wildman–Crippen MR) is 125 cm³/mol. The fraction of sp³-hybridized carbons (Fsp3) is 0.500. The van der Waals surface area contributed by atoms with Gasteiger partial charge in [0, 0.05) is 26.6 Å². The summed E-state index contributed by atoms with van der Waals surface area (Å²) < 4.78 is 7.12. The average Bonchev–Trinajstić information content (AvgIpc) is 3.11. The second-order valence-electron chi connectivity index (χ2n) is 5.98. The lowest BCUT2D eigenvalue weighted by Crippen LogP contribution is -2.40. The Kier molecular flexibility index (Phi) is 11.7. The third-order valence-corrected chi connectivity index (χ3v) is 4.76. The van der Waals surface area contributed by atoms with Crippen LogP contribution < -0.4 is 10.6 Å². The van der Waals surface area contributed by atoms with Crippen LogP contribution in [0.5, 0.6) is 0 Å². The number of nitrogens with one attached hydrogen (secondary N) is 2. The van der Waals surface area contributed by atoms with Gasteiger partial charge in [-0.3, -0.25) is 4.99 Å². The highest BCUT2D eigenvalue weighted by Crippen LogP contribution is 2.25. The van der Waals surface area contributed by atoms with Crippen LogP contribution in [0.3, 0.4) is 0 Å². The molecule has 0 fully saturated rings. The molecule has 0 spiro atoms. The summed E-state index contributed by atoms with van der Waals surface area (Å²) in [5.74, 6) is 1.67. The van der Waals surface area contributed by atoms with Crippen LogP contribution in [-0.2, 0) is 17.7 Å². The largest absolute Gasteiger partial charge is 0.383 e. The lowest BCUT2D eigenvalue weighted by molar-refractivity contribution is 0.208. The second kappa shape index (κ2) is 13.2. The molecule has 1 atom stereocenters.